The van der Waals surface area contributed by atoms with E-state index in [1.807, 2.05) is 18.2 Å². The smallest absolute Gasteiger partial charge is 0.254 e. The SMILES string of the molecule is CN(CC1CCCO1)C(=O)c1ccccc1C#CCN. The van der Waals surface area contributed by atoms with Crippen LogP contribution in [0.1, 0.15) is 28.8 Å². The summed E-state index contributed by atoms with van der Waals surface area (Å²) >= 11 is 0. The van der Waals surface area contributed by atoms with Crippen molar-refractivity contribution in [3.8, 4) is 11.8 Å². The monoisotopic (exact) mass is 272 g/mol. The van der Waals surface area contributed by atoms with E-state index in [0.717, 1.165) is 25.0 Å². The third-order valence-electron chi connectivity index (χ3n) is 3.33. The number of hydrogen-bond acceptors (Lipinski definition) is 3. The Kier molecular flexibility index (Phi) is 5.16. The molecule has 20 heavy (non-hydrogen) atoms. The predicted octanol–water partition coefficient (Wildman–Crippen LogP) is 1.25. The Labute approximate surface area is 119 Å². The fraction of sp³-hybridized carbons (Fsp3) is 0.438. The molecule has 106 valence electrons. The lowest BCUT2D eigenvalue weighted by Gasteiger charge is -2.21. The summed E-state index contributed by atoms with van der Waals surface area (Å²) in [4.78, 5) is 14.2. The molecule has 1 aromatic rings. The highest BCUT2D eigenvalue weighted by atomic mass is 16.5. The highest BCUT2D eigenvalue weighted by molar-refractivity contribution is 5.96. The van der Waals surface area contributed by atoms with Crippen molar-refractivity contribution in [2.75, 3.05) is 26.7 Å². The first-order valence-electron chi connectivity index (χ1n) is 6.87. The molecule has 1 aromatic carbocycles. The Morgan fingerprint density at radius 1 is 1.50 bits per heavy atom. The van der Waals surface area contributed by atoms with Crippen LogP contribution < -0.4 is 5.73 Å². The third kappa shape index (κ3) is 3.60. The topological polar surface area (TPSA) is 55.6 Å². The summed E-state index contributed by atoms with van der Waals surface area (Å²) in [5, 5.41) is 0. The maximum atomic E-state index is 12.5. The van der Waals surface area contributed by atoms with Crippen LogP contribution in [0.3, 0.4) is 0 Å². The second-order valence-corrected chi connectivity index (χ2v) is 4.87. The molecule has 2 N–H and O–H groups in total. The van der Waals surface area contributed by atoms with Crippen molar-refractivity contribution in [1.29, 1.82) is 0 Å². The van der Waals surface area contributed by atoms with Gasteiger partial charge in [0.25, 0.3) is 5.91 Å². The second kappa shape index (κ2) is 7.09. The summed E-state index contributed by atoms with van der Waals surface area (Å²) in [5.41, 5.74) is 6.73. The first-order valence-corrected chi connectivity index (χ1v) is 6.87. The molecular formula is C16H20N2O2. The molecule has 1 saturated heterocycles. The van der Waals surface area contributed by atoms with Crippen LogP contribution in [-0.4, -0.2) is 43.7 Å². The number of rotatable bonds is 3. The van der Waals surface area contributed by atoms with Crippen molar-refractivity contribution in [3.63, 3.8) is 0 Å². The van der Waals surface area contributed by atoms with Crippen molar-refractivity contribution >= 4 is 5.91 Å². The minimum absolute atomic E-state index is 0.0255. The Balaban J connectivity index is 2.11. The van der Waals surface area contributed by atoms with Gasteiger partial charge in [-0.1, -0.05) is 24.0 Å². The second-order valence-electron chi connectivity index (χ2n) is 4.87. The van der Waals surface area contributed by atoms with Crippen molar-refractivity contribution in [2.45, 2.75) is 18.9 Å². The molecule has 1 atom stereocenters. The van der Waals surface area contributed by atoms with E-state index in [-0.39, 0.29) is 18.6 Å². The summed E-state index contributed by atoms with van der Waals surface area (Å²) in [6.45, 7) is 1.71. The summed E-state index contributed by atoms with van der Waals surface area (Å²) < 4.78 is 5.57. The molecule has 0 spiro atoms. The normalized spacial score (nSPS) is 17.4. The molecule has 1 aliphatic rings. The zero-order valence-corrected chi connectivity index (χ0v) is 11.8. The van der Waals surface area contributed by atoms with Gasteiger partial charge in [-0.25, -0.2) is 0 Å². The largest absolute Gasteiger partial charge is 0.376 e. The van der Waals surface area contributed by atoms with Crippen LogP contribution in [-0.2, 0) is 4.74 Å². The summed E-state index contributed by atoms with van der Waals surface area (Å²) in [7, 11) is 1.80. The van der Waals surface area contributed by atoms with Gasteiger partial charge in [0.2, 0.25) is 0 Å². The van der Waals surface area contributed by atoms with Crippen molar-refractivity contribution in [3.05, 3.63) is 35.4 Å². The highest BCUT2D eigenvalue weighted by Crippen LogP contribution is 2.15. The average molecular weight is 272 g/mol. The number of ether oxygens (including phenoxy) is 1. The van der Waals surface area contributed by atoms with E-state index in [0.29, 0.717) is 12.1 Å². The Hall–Kier alpha value is -1.83. The molecule has 1 amide bonds. The Morgan fingerprint density at radius 2 is 2.30 bits per heavy atom. The Morgan fingerprint density at radius 3 is 3.00 bits per heavy atom. The van der Waals surface area contributed by atoms with Gasteiger partial charge in [-0.2, -0.15) is 0 Å². The van der Waals surface area contributed by atoms with Gasteiger partial charge < -0.3 is 15.4 Å². The minimum atomic E-state index is -0.0255. The van der Waals surface area contributed by atoms with Crippen LogP contribution >= 0.6 is 0 Å². The van der Waals surface area contributed by atoms with E-state index >= 15 is 0 Å². The molecule has 1 aliphatic heterocycles. The number of nitrogens with two attached hydrogens (primary N) is 1. The number of nitrogens with zero attached hydrogens (tertiary/aromatic N) is 1. The van der Waals surface area contributed by atoms with Gasteiger partial charge in [0, 0.05) is 25.8 Å². The highest BCUT2D eigenvalue weighted by Gasteiger charge is 2.21. The molecule has 1 unspecified atom stereocenters. The van der Waals surface area contributed by atoms with Gasteiger partial charge in [0.1, 0.15) is 0 Å². The number of amides is 1. The van der Waals surface area contributed by atoms with Crippen LogP contribution in [0.25, 0.3) is 0 Å². The predicted molar refractivity (Wildman–Crippen MR) is 78.3 cm³/mol. The zero-order valence-electron chi connectivity index (χ0n) is 11.8. The molecule has 4 nitrogen and oxygen atoms in total. The molecule has 0 bridgehead atoms. The lowest BCUT2D eigenvalue weighted by Crippen LogP contribution is -2.34. The minimum Gasteiger partial charge on any atom is -0.376 e. The van der Waals surface area contributed by atoms with Crippen molar-refractivity contribution < 1.29 is 9.53 Å². The van der Waals surface area contributed by atoms with E-state index in [2.05, 4.69) is 11.8 Å². The van der Waals surface area contributed by atoms with Gasteiger partial charge in [-0.15, -0.1) is 0 Å². The van der Waals surface area contributed by atoms with Crippen LogP contribution in [0.5, 0.6) is 0 Å². The number of carbonyl (C=O) groups is 1. The molecule has 1 fully saturated rings. The molecule has 0 aromatic heterocycles. The van der Waals surface area contributed by atoms with Gasteiger partial charge in [-0.05, 0) is 25.0 Å². The summed E-state index contributed by atoms with van der Waals surface area (Å²) in [5.74, 6) is 5.72. The van der Waals surface area contributed by atoms with E-state index in [9.17, 15) is 4.79 Å². The molecule has 4 heteroatoms. The van der Waals surface area contributed by atoms with Crippen LogP contribution in [0.2, 0.25) is 0 Å². The first-order chi connectivity index (χ1) is 9.72. The zero-order chi connectivity index (χ0) is 14.4. The number of likely N-dealkylation sites (N-methyl/N-ethyl adjacent to an activating group) is 1. The van der Waals surface area contributed by atoms with E-state index < -0.39 is 0 Å². The van der Waals surface area contributed by atoms with E-state index in [4.69, 9.17) is 10.5 Å². The van der Waals surface area contributed by atoms with Crippen LogP contribution in [0.15, 0.2) is 24.3 Å². The maximum absolute atomic E-state index is 12.5. The van der Waals surface area contributed by atoms with Gasteiger partial charge in [0.15, 0.2) is 0 Å². The molecule has 1 heterocycles. The van der Waals surface area contributed by atoms with Gasteiger partial charge in [0.05, 0.1) is 18.2 Å². The molecule has 2 rings (SSSR count). The fourth-order valence-electron chi connectivity index (χ4n) is 2.31. The molecule has 0 saturated carbocycles. The summed E-state index contributed by atoms with van der Waals surface area (Å²) in [6, 6.07) is 7.36. The summed E-state index contributed by atoms with van der Waals surface area (Å²) in [6.07, 6.45) is 2.25. The molecular weight excluding hydrogens is 252 g/mol. The molecule has 0 radical (unpaired) electrons. The molecule has 0 aliphatic carbocycles. The maximum Gasteiger partial charge on any atom is 0.254 e. The average Bonchev–Trinajstić information content (AvgIpc) is 2.97. The number of hydrogen-bond donors (Lipinski definition) is 1. The van der Waals surface area contributed by atoms with Crippen LogP contribution in [0, 0.1) is 11.8 Å². The van der Waals surface area contributed by atoms with E-state index in [1.54, 1.807) is 18.0 Å². The van der Waals surface area contributed by atoms with E-state index in [1.165, 1.54) is 0 Å². The lowest BCUT2D eigenvalue weighted by atomic mass is 10.1. The third-order valence-corrected chi connectivity index (χ3v) is 3.33. The first kappa shape index (κ1) is 14.6. The van der Waals surface area contributed by atoms with Gasteiger partial charge in [-0.3, -0.25) is 4.79 Å². The lowest BCUT2D eigenvalue weighted by molar-refractivity contribution is 0.0587. The van der Waals surface area contributed by atoms with Gasteiger partial charge >= 0.3 is 0 Å². The van der Waals surface area contributed by atoms with Crippen LogP contribution in [0.4, 0.5) is 0 Å². The van der Waals surface area contributed by atoms with Crippen molar-refractivity contribution in [2.24, 2.45) is 5.73 Å². The number of carbonyl (C=O) groups excluding carboxylic acids is 1. The quantitative estimate of drug-likeness (QED) is 0.843. The standard InChI is InChI=1S/C16H20N2O2/c1-18(12-14-8-5-11-20-14)16(19)15-9-3-2-6-13(15)7-4-10-17/h2-3,6,9,14H,5,8,10-12,17H2,1H3. The fourth-order valence-corrected chi connectivity index (χ4v) is 2.31. The Bertz CT molecular complexity index is 525. The number of benzene rings is 1. The van der Waals surface area contributed by atoms with Crippen molar-refractivity contribution in [1.82, 2.24) is 4.90 Å².